The molecule has 5 heteroatoms. The maximum atomic E-state index is 11.5. The first-order valence-electron chi connectivity index (χ1n) is 4.61. The van der Waals surface area contributed by atoms with Crippen LogP contribution in [0.3, 0.4) is 0 Å². The lowest BCUT2D eigenvalue weighted by Crippen LogP contribution is -2.07. The molecule has 5 nitrogen and oxygen atoms in total. The molecule has 0 aliphatic rings. The van der Waals surface area contributed by atoms with Gasteiger partial charge in [0.05, 0.1) is 0 Å². The molecule has 0 aromatic heterocycles. The highest BCUT2D eigenvalue weighted by molar-refractivity contribution is 6.03. The second kappa shape index (κ2) is 5.85. The van der Waals surface area contributed by atoms with Gasteiger partial charge in [-0.2, -0.15) is 0 Å². The van der Waals surface area contributed by atoms with Crippen LogP contribution in [0.25, 0.3) is 0 Å². The molecule has 0 rings (SSSR count). The van der Waals surface area contributed by atoms with Crippen molar-refractivity contribution in [1.29, 1.82) is 0 Å². The second-order valence-electron chi connectivity index (χ2n) is 3.37. The quantitative estimate of drug-likeness (QED) is 0.691. The summed E-state index contributed by atoms with van der Waals surface area (Å²) in [6, 6.07) is 0. The molecule has 0 aliphatic heterocycles. The topological polar surface area (TPSA) is 91.7 Å². The van der Waals surface area contributed by atoms with E-state index in [1.807, 2.05) is 0 Å². The Labute approximate surface area is 93.1 Å². The summed E-state index contributed by atoms with van der Waals surface area (Å²) >= 11 is 0. The van der Waals surface area contributed by atoms with Crippen molar-refractivity contribution >= 4 is 17.7 Å². The van der Waals surface area contributed by atoms with Gasteiger partial charge < -0.3 is 10.2 Å². The standard InChI is InChI=1S/C11H14O5/c1-6(10(13)14)4-5-9(12)7(2)8(3)11(15)16/h4H,5H2,1-3H3,(H,13,14)(H,15,16). The fourth-order valence-corrected chi connectivity index (χ4v) is 0.856. The van der Waals surface area contributed by atoms with Gasteiger partial charge in [0.25, 0.3) is 0 Å². The van der Waals surface area contributed by atoms with Gasteiger partial charge in [-0.1, -0.05) is 6.08 Å². The molecule has 0 spiro atoms. The van der Waals surface area contributed by atoms with Crippen molar-refractivity contribution in [3.05, 3.63) is 22.8 Å². The normalized spacial score (nSPS) is 13.1. The SMILES string of the molecule is CC(=CCC(=O)C(C)=C(C)C(=O)O)C(=O)O. The predicted octanol–water partition coefficient (Wildman–Crippen LogP) is 1.40. The zero-order chi connectivity index (χ0) is 12.9. The van der Waals surface area contributed by atoms with Gasteiger partial charge in [0.1, 0.15) is 0 Å². The number of hydrogen-bond donors (Lipinski definition) is 2. The Morgan fingerprint density at radius 2 is 1.44 bits per heavy atom. The molecule has 0 fully saturated rings. The lowest BCUT2D eigenvalue weighted by Gasteiger charge is -2.01. The number of hydrogen-bond acceptors (Lipinski definition) is 3. The van der Waals surface area contributed by atoms with Crippen LogP contribution in [0.4, 0.5) is 0 Å². The van der Waals surface area contributed by atoms with Crippen LogP contribution in [0.2, 0.25) is 0 Å². The van der Waals surface area contributed by atoms with Gasteiger partial charge >= 0.3 is 11.9 Å². The van der Waals surface area contributed by atoms with Crippen LogP contribution in [0, 0.1) is 0 Å². The van der Waals surface area contributed by atoms with E-state index in [0.717, 1.165) is 0 Å². The lowest BCUT2D eigenvalue weighted by atomic mass is 10.0. The summed E-state index contributed by atoms with van der Waals surface area (Å²) in [5, 5.41) is 17.2. The van der Waals surface area contributed by atoms with E-state index in [0.29, 0.717) is 0 Å². The van der Waals surface area contributed by atoms with E-state index in [1.165, 1.54) is 26.8 Å². The highest BCUT2D eigenvalue weighted by atomic mass is 16.4. The number of ketones is 1. The maximum Gasteiger partial charge on any atom is 0.331 e. The molecule has 16 heavy (non-hydrogen) atoms. The Hall–Kier alpha value is -1.91. The highest BCUT2D eigenvalue weighted by Crippen LogP contribution is 2.08. The third-order valence-electron chi connectivity index (χ3n) is 2.23. The highest BCUT2D eigenvalue weighted by Gasteiger charge is 2.12. The average Bonchev–Trinajstić information content (AvgIpc) is 2.22. The third-order valence-corrected chi connectivity index (χ3v) is 2.23. The number of carboxylic acid groups (broad SMARTS) is 2. The molecule has 0 saturated carbocycles. The summed E-state index contributed by atoms with van der Waals surface area (Å²) in [5.41, 5.74) is 0.183. The van der Waals surface area contributed by atoms with E-state index in [1.54, 1.807) is 0 Å². The summed E-state index contributed by atoms with van der Waals surface area (Å²) in [7, 11) is 0. The lowest BCUT2D eigenvalue weighted by molar-refractivity contribution is -0.133. The predicted molar refractivity (Wildman–Crippen MR) is 57.0 cm³/mol. The second-order valence-corrected chi connectivity index (χ2v) is 3.37. The Morgan fingerprint density at radius 1 is 0.938 bits per heavy atom. The van der Waals surface area contributed by atoms with Gasteiger partial charge in [0.2, 0.25) is 0 Å². The van der Waals surface area contributed by atoms with Crippen molar-refractivity contribution in [2.75, 3.05) is 0 Å². The van der Waals surface area contributed by atoms with E-state index >= 15 is 0 Å². The minimum absolute atomic E-state index is 0.0219. The Balaban J connectivity index is 4.74. The molecule has 0 unspecified atom stereocenters. The molecule has 0 aromatic carbocycles. The molecule has 88 valence electrons. The van der Waals surface area contributed by atoms with Crippen molar-refractivity contribution in [1.82, 2.24) is 0 Å². The van der Waals surface area contributed by atoms with Gasteiger partial charge in [-0.25, -0.2) is 9.59 Å². The summed E-state index contributed by atoms with van der Waals surface area (Å²) in [4.78, 5) is 32.5. The van der Waals surface area contributed by atoms with Crippen molar-refractivity contribution in [2.24, 2.45) is 0 Å². The fourth-order valence-electron chi connectivity index (χ4n) is 0.856. The first-order chi connectivity index (χ1) is 7.27. The molecule has 0 heterocycles. The number of carboxylic acids is 2. The van der Waals surface area contributed by atoms with Gasteiger partial charge in [0, 0.05) is 23.1 Å². The molecule has 0 saturated heterocycles. The van der Waals surface area contributed by atoms with Crippen LogP contribution in [0.1, 0.15) is 27.2 Å². The largest absolute Gasteiger partial charge is 0.478 e. The van der Waals surface area contributed by atoms with Crippen LogP contribution < -0.4 is 0 Å². The first-order valence-corrected chi connectivity index (χ1v) is 4.61. The minimum atomic E-state index is -1.15. The van der Waals surface area contributed by atoms with Crippen LogP contribution in [0.5, 0.6) is 0 Å². The Kier molecular flexibility index (Phi) is 5.15. The van der Waals surface area contributed by atoms with Crippen LogP contribution >= 0.6 is 0 Å². The molecule has 0 aliphatic carbocycles. The Bertz CT molecular complexity index is 387. The van der Waals surface area contributed by atoms with Gasteiger partial charge in [0.15, 0.2) is 5.78 Å². The van der Waals surface area contributed by atoms with Crippen LogP contribution in [-0.4, -0.2) is 27.9 Å². The molecule has 0 atom stereocenters. The van der Waals surface area contributed by atoms with Crippen molar-refractivity contribution in [3.8, 4) is 0 Å². The van der Waals surface area contributed by atoms with Gasteiger partial charge in [-0.3, -0.25) is 4.79 Å². The summed E-state index contributed by atoms with van der Waals surface area (Å²) < 4.78 is 0. The van der Waals surface area contributed by atoms with E-state index in [2.05, 4.69) is 0 Å². The van der Waals surface area contributed by atoms with E-state index in [-0.39, 0.29) is 28.9 Å². The van der Waals surface area contributed by atoms with Gasteiger partial charge in [-0.15, -0.1) is 0 Å². The Morgan fingerprint density at radius 3 is 1.81 bits per heavy atom. The fraction of sp³-hybridized carbons (Fsp3) is 0.364. The minimum Gasteiger partial charge on any atom is -0.478 e. The van der Waals surface area contributed by atoms with Crippen molar-refractivity contribution in [3.63, 3.8) is 0 Å². The maximum absolute atomic E-state index is 11.5. The van der Waals surface area contributed by atoms with Gasteiger partial charge in [-0.05, 0) is 20.8 Å². The number of carbonyl (C=O) groups excluding carboxylic acids is 1. The smallest absolute Gasteiger partial charge is 0.331 e. The number of allylic oxidation sites excluding steroid dienone is 2. The van der Waals surface area contributed by atoms with E-state index < -0.39 is 11.9 Å². The summed E-state index contributed by atoms with van der Waals surface area (Å²) in [6.07, 6.45) is 1.16. The molecule has 0 radical (unpaired) electrons. The molecule has 0 bridgehead atoms. The van der Waals surface area contributed by atoms with Crippen LogP contribution in [0.15, 0.2) is 22.8 Å². The molecular weight excluding hydrogens is 212 g/mol. The number of rotatable bonds is 5. The van der Waals surface area contributed by atoms with E-state index in [9.17, 15) is 14.4 Å². The molecule has 0 aromatic rings. The summed E-state index contributed by atoms with van der Waals surface area (Å²) in [6.45, 7) is 4.12. The first kappa shape index (κ1) is 14.1. The van der Waals surface area contributed by atoms with E-state index in [4.69, 9.17) is 10.2 Å². The number of carbonyl (C=O) groups is 3. The van der Waals surface area contributed by atoms with Crippen molar-refractivity contribution < 1.29 is 24.6 Å². The average molecular weight is 226 g/mol. The van der Waals surface area contributed by atoms with Crippen LogP contribution in [-0.2, 0) is 14.4 Å². The molecule has 2 N–H and O–H groups in total. The third kappa shape index (κ3) is 4.08. The number of aliphatic carboxylic acids is 2. The van der Waals surface area contributed by atoms with Crippen molar-refractivity contribution in [2.45, 2.75) is 27.2 Å². The monoisotopic (exact) mass is 226 g/mol. The molecular formula is C11H14O5. The molecule has 0 amide bonds. The summed E-state index contributed by atoms with van der Waals surface area (Å²) in [5.74, 6) is -2.63. The zero-order valence-electron chi connectivity index (χ0n) is 9.40. The zero-order valence-corrected chi connectivity index (χ0v) is 9.40. The number of Topliss-reactive ketones (excluding diaryl/α,β-unsaturated/α-hetero) is 1.